The van der Waals surface area contributed by atoms with Crippen molar-refractivity contribution in [1.82, 2.24) is 0 Å². The number of carbonyl (C=O) groups excluding carboxylic acids is 1. The summed E-state index contributed by atoms with van der Waals surface area (Å²) >= 11 is 5.96. The average molecular weight is 303 g/mol. The van der Waals surface area contributed by atoms with Gasteiger partial charge >= 0.3 is 0 Å². The second-order valence-corrected chi connectivity index (χ2v) is 5.54. The van der Waals surface area contributed by atoms with Crippen LogP contribution < -0.4 is 10.6 Å². The van der Waals surface area contributed by atoms with Crippen molar-refractivity contribution in [1.29, 1.82) is 0 Å². The largest absolute Gasteiger partial charge is 0.376 e. The van der Waals surface area contributed by atoms with Crippen molar-refractivity contribution in [3.8, 4) is 0 Å². The Morgan fingerprint density at radius 3 is 2.57 bits per heavy atom. The molecule has 0 radical (unpaired) electrons. The van der Waals surface area contributed by atoms with Gasteiger partial charge < -0.3 is 10.6 Å². The van der Waals surface area contributed by atoms with Gasteiger partial charge in [-0.1, -0.05) is 29.8 Å². The molecule has 0 atom stereocenters. The van der Waals surface area contributed by atoms with E-state index in [2.05, 4.69) is 10.6 Å². The SMILES string of the molecule is Cc1ccc(Cl)cc1NCC(=O)Nc1cccc(C)c1C. The Labute approximate surface area is 130 Å². The molecule has 0 saturated carbocycles. The Hall–Kier alpha value is -2.00. The molecule has 0 unspecified atom stereocenters. The van der Waals surface area contributed by atoms with E-state index in [1.54, 1.807) is 0 Å². The van der Waals surface area contributed by atoms with Crippen LogP contribution in [0.25, 0.3) is 0 Å². The first kappa shape index (κ1) is 15.4. The number of aryl methyl sites for hydroxylation is 2. The molecule has 0 heterocycles. The number of hydrogen-bond donors (Lipinski definition) is 2. The van der Waals surface area contributed by atoms with Gasteiger partial charge in [-0.15, -0.1) is 0 Å². The first-order valence-corrected chi connectivity index (χ1v) is 7.21. The van der Waals surface area contributed by atoms with Crippen molar-refractivity contribution in [3.05, 3.63) is 58.1 Å². The standard InChI is InChI=1S/C17H19ClN2O/c1-11-5-4-6-15(13(11)3)20-17(21)10-19-16-9-14(18)8-7-12(16)2/h4-9,19H,10H2,1-3H3,(H,20,21). The minimum atomic E-state index is -0.0805. The fourth-order valence-corrected chi connectivity index (χ4v) is 2.21. The third kappa shape index (κ3) is 3.99. The van der Waals surface area contributed by atoms with Gasteiger partial charge in [-0.3, -0.25) is 4.79 Å². The lowest BCUT2D eigenvalue weighted by Gasteiger charge is -2.12. The number of halogens is 1. The van der Waals surface area contributed by atoms with Crippen molar-refractivity contribution < 1.29 is 4.79 Å². The topological polar surface area (TPSA) is 41.1 Å². The minimum absolute atomic E-state index is 0.0805. The molecule has 2 aromatic carbocycles. The molecule has 0 aliphatic carbocycles. The van der Waals surface area contributed by atoms with E-state index >= 15 is 0 Å². The lowest BCUT2D eigenvalue weighted by atomic mass is 10.1. The van der Waals surface area contributed by atoms with Crippen LogP contribution in [-0.4, -0.2) is 12.5 Å². The third-order valence-electron chi connectivity index (χ3n) is 3.52. The highest BCUT2D eigenvalue weighted by atomic mass is 35.5. The maximum atomic E-state index is 12.0. The summed E-state index contributed by atoms with van der Waals surface area (Å²) in [6, 6.07) is 11.4. The molecule has 0 bridgehead atoms. The van der Waals surface area contributed by atoms with E-state index in [1.165, 1.54) is 0 Å². The molecule has 110 valence electrons. The van der Waals surface area contributed by atoms with Crippen LogP contribution in [0.1, 0.15) is 16.7 Å². The van der Waals surface area contributed by atoms with E-state index in [-0.39, 0.29) is 12.5 Å². The van der Waals surface area contributed by atoms with Crippen LogP contribution in [0.3, 0.4) is 0 Å². The van der Waals surface area contributed by atoms with Crippen LogP contribution in [0.4, 0.5) is 11.4 Å². The molecule has 2 aromatic rings. The van der Waals surface area contributed by atoms with Gasteiger partial charge in [0.2, 0.25) is 5.91 Å². The second-order valence-electron chi connectivity index (χ2n) is 5.11. The van der Waals surface area contributed by atoms with Gasteiger partial charge in [-0.05, 0) is 55.7 Å². The van der Waals surface area contributed by atoms with Crippen LogP contribution in [0.5, 0.6) is 0 Å². The second kappa shape index (κ2) is 6.64. The first-order chi connectivity index (χ1) is 9.97. The number of benzene rings is 2. The zero-order valence-corrected chi connectivity index (χ0v) is 13.2. The Morgan fingerprint density at radius 1 is 1.05 bits per heavy atom. The molecular weight excluding hydrogens is 284 g/mol. The molecule has 4 heteroatoms. The van der Waals surface area contributed by atoms with Crippen LogP contribution in [0.15, 0.2) is 36.4 Å². The summed E-state index contributed by atoms with van der Waals surface area (Å²) in [5, 5.41) is 6.68. The molecule has 0 aliphatic rings. The van der Waals surface area contributed by atoms with Crippen LogP contribution in [0.2, 0.25) is 5.02 Å². The highest BCUT2D eigenvalue weighted by Gasteiger charge is 2.07. The average Bonchev–Trinajstić information content (AvgIpc) is 2.45. The number of carbonyl (C=O) groups is 1. The van der Waals surface area contributed by atoms with E-state index in [0.29, 0.717) is 5.02 Å². The zero-order chi connectivity index (χ0) is 15.4. The van der Waals surface area contributed by atoms with Gasteiger partial charge in [-0.25, -0.2) is 0 Å². The maximum Gasteiger partial charge on any atom is 0.243 e. The predicted octanol–water partition coefficient (Wildman–Crippen LogP) is 4.32. The Morgan fingerprint density at radius 2 is 1.81 bits per heavy atom. The Balaban J connectivity index is 1.99. The van der Waals surface area contributed by atoms with Crippen molar-refractivity contribution in [2.45, 2.75) is 20.8 Å². The summed E-state index contributed by atoms with van der Waals surface area (Å²) in [6.45, 7) is 6.20. The van der Waals surface area contributed by atoms with Crippen molar-refractivity contribution in [3.63, 3.8) is 0 Å². The summed E-state index contributed by atoms with van der Waals surface area (Å²) in [6.07, 6.45) is 0. The van der Waals surface area contributed by atoms with Crippen molar-refractivity contribution in [2.24, 2.45) is 0 Å². The molecule has 2 rings (SSSR count). The summed E-state index contributed by atoms with van der Waals surface area (Å²) in [5.41, 5.74) is 5.03. The lowest BCUT2D eigenvalue weighted by Crippen LogP contribution is -2.22. The van der Waals surface area contributed by atoms with E-state index in [9.17, 15) is 4.79 Å². The van der Waals surface area contributed by atoms with E-state index in [1.807, 2.05) is 57.2 Å². The molecular formula is C17H19ClN2O. The number of hydrogen-bond acceptors (Lipinski definition) is 2. The molecule has 0 spiro atoms. The van der Waals surface area contributed by atoms with Crippen molar-refractivity contribution >= 4 is 28.9 Å². The highest BCUT2D eigenvalue weighted by molar-refractivity contribution is 6.30. The van der Waals surface area contributed by atoms with E-state index in [0.717, 1.165) is 28.1 Å². The first-order valence-electron chi connectivity index (χ1n) is 6.83. The number of nitrogens with one attached hydrogen (secondary N) is 2. The van der Waals surface area contributed by atoms with Crippen LogP contribution >= 0.6 is 11.6 Å². The van der Waals surface area contributed by atoms with Crippen molar-refractivity contribution in [2.75, 3.05) is 17.2 Å². The maximum absolute atomic E-state index is 12.0. The van der Waals surface area contributed by atoms with Crippen LogP contribution in [0, 0.1) is 20.8 Å². The number of amides is 1. The molecule has 3 nitrogen and oxygen atoms in total. The molecule has 2 N–H and O–H groups in total. The fourth-order valence-electron chi connectivity index (χ4n) is 2.04. The van der Waals surface area contributed by atoms with Crippen LogP contribution in [-0.2, 0) is 4.79 Å². The van der Waals surface area contributed by atoms with Gasteiger partial charge in [0, 0.05) is 16.4 Å². The number of anilines is 2. The third-order valence-corrected chi connectivity index (χ3v) is 3.75. The molecule has 0 aromatic heterocycles. The van der Waals surface area contributed by atoms with Gasteiger partial charge in [0.1, 0.15) is 0 Å². The monoisotopic (exact) mass is 302 g/mol. The van der Waals surface area contributed by atoms with Gasteiger partial charge in [0.15, 0.2) is 0 Å². The molecule has 0 aliphatic heterocycles. The quantitative estimate of drug-likeness (QED) is 0.883. The molecule has 21 heavy (non-hydrogen) atoms. The Kier molecular flexibility index (Phi) is 4.86. The zero-order valence-electron chi connectivity index (χ0n) is 12.5. The molecule has 0 fully saturated rings. The normalized spacial score (nSPS) is 10.3. The van der Waals surface area contributed by atoms with E-state index < -0.39 is 0 Å². The Bertz CT molecular complexity index is 668. The summed E-state index contributed by atoms with van der Waals surface area (Å²) < 4.78 is 0. The predicted molar refractivity (Wildman–Crippen MR) is 89.2 cm³/mol. The summed E-state index contributed by atoms with van der Waals surface area (Å²) in [5.74, 6) is -0.0805. The summed E-state index contributed by atoms with van der Waals surface area (Å²) in [4.78, 5) is 12.0. The van der Waals surface area contributed by atoms with E-state index in [4.69, 9.17) is 11.6 Å². The lowest BCUT2D eigenvalue weighted by molar-refractivity contribution is -0.114. The fraction of sp³-hybridized carbons (Fsp3) is 0.235. The highest BCUT2D eigenvalue weighted by Crippen LogP contribution is 2.20. The molecule has 1 amide bonds. The molecule has 0 saturated heterocycles. The number of rotatable bonds is 4. The summed E-state index contributed by atoms with van der Waals surface area (Å²) in [7, 11) is 0. The van der Waals surface area contributed by atoms with Gasteiger partial charge in [-0.2, -0.15) is 0 Å². The minimum Gasteiger partial charge on any atom is -0.376 e. The smallest absolute Gasteiger partial charge is 0.243 e. The van der Waals surface area contributed by atoms with Gasteiger partial charge in [0.25, 0.3) is 0 Å². The van der Waals surface area contributed by atoms with Gasteiger partial charge in [0.05, 0.1) is 6.54 Å².